The van der Waals surface area contributed by atoms with Crippen LogP contribution in [0.1, 0.15) is 24.2 Å². The van der Waals surface area contributed by atoms with Gasteiger partial charge in [0.25, 0.3) is 5.91 Å². The van der Waals surface area contributed by atoms with Gasteiger partial charge in [-0.05, 0) is 19.9 Å². The third kappa shape index (κ3) is 2.74. The summed E-state index contributed by atoms with van der Waals surface area (Å²) in [6, 6.07) is 1.63. The molecule has 0 aromatic carbocycles. The summed E-state index contributed by atoms with van der Waals surface area (Å²) in [4.78, 5) is 17.7. The average molecular weight is 306 g/mol. The molecule has 1 rings (SSSR count). The first kappa shape index (κ1) is 13.5. The molecule has 1 aromatic rings. The molecule has 0 N–H and O–H groups in total. The zero-order valence-electron chi connectivity index (χ0n) is 9.50. The van der Waals surface area contributed by atoms with Gasteiger partial charge >= 0.3 is 0 Å². The lowest BCUT2D eigenvalue weighted by Gasteiger charge is -2.34. The first-order valence-corrected chi connectivity index (χ1v) is 6.33. The summed E-state index contributed by atoms with van der Waals surface area (Å²) in [5.41, 5.74) is 0.220. The van der Waals surface area contributed by atoms with E-state index in [4.69, 9.17) is 11.6 Å². The van der Waals surface area contributed by atoms with Gasteiger partial charge in [-0.25, -0.2) is 0 Å². The van der Waals surface area contributed by atoms with Crippen LogP contribution in [0, 0.1) is 0 Å². The van der Waals surface area contributed by atoms with Crippen molar-refractivity contribution in [2.45, 2.75) is 19.4 Å². The average Bonchev–Trinajstić information content (AvgIpc) is 2.27. The molecule has 0 radical (unpaired) electrons. The van der Waals surface area contributed by atoms with Crippen molar-refractivity contribution in [2.24, 2.45) is 0 Å². The second-order valence-corrected chi connectivity index (χ2v) is 5.13. The van der Waals surface area contributed by atoms with Gasteiger partial charge in [0.2, 0.25) is 0 Å². The fourth-order valence-corrected chi connectivity index (χ4v) is 1.67. The van der Waals surface area contributed by atoms with E-state index in [1.807, 2.05) is 13.8 Å². The van der Waals surface area contributed by atoms with Gasteiger partial charge in [0.05, 0.1) is 10.6 Å². The highest BCUT2D eigenvalue weighted by atomic mass is 79.9. The van der Waals surface area contributed by atoms with Crippen molar-refractivity contribution in [3.05, 3.63) is 29.0 Å². The fourth-order valence-electron chi connectivity index (χ4n) is 1.09. The molecule has 0 saturated heterocycles. The summed E-state index contributed by atoms with van der Waals surface area (Å²) >= 11 is 9.33. The number of carbonyl (C=O) groups is 1. The standard InChI is InChI=1S/C11H14BrClN2O/c1-11(2,7-12)15(3)10(16)8-4-5-14-6-9(8)13/h4-6H,7H2,1-3H3. The number of aromatic nitrogens is 1. The number of nitrogens with zero attached hydrogens (tertiary/aromatic N) is 2. The van der Waals surface area contributed by atoms with Gasteiger partial charge < -0.3 is 4.90 Å². The van der Waals surface area contributed by atoms with E-state index in [1.54, 1.807) is 24.2 Å². The lowest BCUT2D eigenvalue weighted by atomic mass is 10.1. The van der Waals surface area contributed by atoms with Crippen LogP contribution in [-0.2, 0) is 0 Å². The van der Waals surface area contributed by atoms with Crippen molar-refractivity contribution in [3.63, 3.8) is 0 Å². The van der Waals surface area contributed by atoms with E-state index in [1.165, 1.54) is 6.20 Å². The van der Waals surface area contributed by atoms with Crippen LogP contribution in [0.25, 0.3) is 0 Å². The Morgan fingerprint density at radius 1 is 1.62 bits per heavy atom. The predicted molar refractivity (Wildman–Crippen MR) is 69.2 cm³/mol. The summed E-state index contributed by atoms with van der Waals surface area (Å²) < 4.78 is 0. The quantitative estimate of drug-likeness (QED) is 0.804. The van der Waals surface area contributed by atoms with Crippen molar-refractivity contribution >= 4 is 33.4 Å². The Bertz CT molecular complexity index is 395. The Hall–Kier alpha value is -0.610. The molecule has 0 unspecified atom stereocenters. The minimum atomic E-state index is -0.260. The van der Waals surface area contributed by atoms with Gasteiger partial charge in [-0.15, -0.1) is 0 Å². The highest BCUT2D eigenvalue weighted by molar-refractivity contribution is 9.09. The molecule has 0 bridgehead atoms. The van der Waals surface area contributed by atoms with Crippen LogP contribution < -0.4 is 0 Å². The molecule has 1 heterocycles. The van der Waals surface area contributed by atoms with Crippen molar-refractivity contribution in [1.82, 2.24) is 9.88 Å². The van der Waals surface area contributed by atoms with E-state index in [0.717, 1.165) is 0 Å². The van der Waals surface area contributed by atoms with Crippen LogP contribution in [0.3, 0.4) is 0 Å². The number of amides is 1. The number of hydrogen-bond acceptors (Lipinski definition) is 2. The van der Waals surface area contributed by atoms with Crippen LogP contribution in [0.2, 0.25) is 5.02 Å². The van der Waals surface area contributed by atoms with Crippen molar-refractivity contribution in [3.8, 4) is 0 Å². The van der Waals surface area contributed by atoms with E-state index in [0.29, 0.717) is 15.9 Å². The second kappa shape index (κ2) is 5.15. The molecule has 0 spiro atoms. The predicted octanol–water partition coefficient (Wildman–Crippen LogP) is 2.98. The number of halogens is 2. The van der Waals surface area contributed by atoms with Crippen molar-refractivity contribution in [1.29, 1.82) is 0 Å². The minimum absolute atomic E-state index is 0.100. The minimum Gasteiger partial charge on any atom is -0.336 e. The lowest BCUT2D eigenvalue weighted by Crippen LogP contribution is -2.46. The summed E-state index contributed by atoms with van der Waals surface area (Å²) in [5, 5.41) is 1.08. The SMILES string of the molecule is CN(C(=O)c1ccncc1Cl)C(C)(C)CBr. The Balaban J connectivity index is 3.00. The number of pyridine rings is 1. The Kier molecular flexibility index (Phi) is 4.33. The number of carbonyl (C=O) groups excluding carboxylic acids is 1. The molecule has 16 heavy (non-hydrogen) atoms. The van der Waals surface area contributed by atoms with Crippen LogP contribution in [0.4, 0.5) is 0 Å². The maximum absolute atomic E-state index is 12.2. The highest BCUT2D eigenvalue weighted by Gasteiger charge is 2.28. The second-order valence-electron chi connectivity index (χ2n) is 4.17. The largest absolute Gasteiger partial charge is 0.336 e. The topological polar surface area (TPSA) is 33.2 Å². The van der Waals surface area contributed by atoms with E-state index in [2.05, 4.69) is 20.9 Å². The zero-order valence-corrected chi connectivity index (χ0v) is 11.8. The monoisotopic (exact) mass is 304 g/mol. The molecule has 0 fully saturated rings. The first-order valence-electron chi connectivity index (χ1n) is 4.84. The molecule has 5 heteroatoms. The number of alkyl halides is 1. The molecule has 1 aromatic heterocycles. The van der Waals surface area contributed by atoms with Gasteiger partial charge in [-0.1, -0.05) is 27.5 Å². The number of rotatable bonds is 3. The molecule has 0 aliphatic carbocycles. The molecule has 1 amide bonds. The van der Waals surface area contributed by atoms with Crippen LogP contribution in [-0.4, -0.2) is 33.7 Å². The third-order valence-corrected chi connectivity index (χ3v) is 4.22. The molecule has 0 aliphatic rings. The molecule has 0 saturated carbocycles. The fraction of sp³-hybridized carbons (Fsp3) is 0.455. The van der Waals surface area contributed by atoms with E-state index in [9.17, 15) is 4.79 Å². The first-order chi connectivity index (χ1) is 7.40. The summed E-state index contributed by atoms with van der Waals surface area (Å²) in [7, 11) is 1.76. The summed E-state index contributed by atoms with van der Waals surface area (Å²) in [6.45, 7) is 3.96. The van der Waals surface area contributed by atoms with Gasteiger partial charge in [-0.2, -0.15) is 0 Å². The molecule has 88 valence electrons. The Labute approximate surface area is 109 Å². The van der Waals surface area contributed by atoms with Crippen LogP contribution in [0.15, 0.2) is 18.5 Å². The molecule has 0 atom stereocenters. The maximum atomic E-state index is 12.2. The molecular formula is C11H14BrClN2O. The molecule has 0 aliphatic heterocycles. The van der Waals surface area contributed by atoms with Gasteiger partial charge in [0.1, 0.15) is 0 Å². The van der Waals surface area contributed by atoms with E-state index in [-0.39, 0.29) is 11.4 Å². The lowest BCUT2D eigenvalue weighted by molar-refractivity contribution is 0.0663. The van der Waals surface area contributed by atoms with Gasteiger partial charge in [-0.3, -0.25) is 9.78 Å². The van der Waals surface area contributed by atoms with Gasteiger partial charge in [0.15, 0.2) is 0 Å². The highest BCUT2D eigenvalue weighted by Crippen LogP contribution is 2.21. The van der Waals surface area contributed by atoms with Crippen LogP contribution in [0.5, 0.6) is 0 Å². The smallest absolute Gasteiger partial charge is 0.255 e. The van der Waals surface area contributed by atoms with E-state index >= 15 is 0 Å². The van der Waals surface area contributed by atoms with Crippen molar-refractivity contribution < 1.29 is 4.79 Å². The van der Waals surface area contributed by atoms with E-state index < -0.39 is 0 Å². The molecular weight excluding hydrogens is 291 g/mol. The Morgan fingerprint density at radius 3 is 2.75 bits per heavy atom. The number of hydrogen-bond donors (Lipinski definition) is 0. The molecule has 3 nitrogen and oxygen atoms in total. The van der Waals surface area contributed by atoms with Crippen LogP contribution >= 0.6 is 27.5 Å². The zero-order chi connectivity index (χ0) is 12.3. The Morgan fingerprint density at radius 2 is 2.25 bits per heavy atom. The third-order valence-electron chi connectivity index (χ3n) is 2.54. The van der Waals surface area contributed by atoms with Crippen molar-refractivity contribution in [2.75, 3.05) is 12.4 Å². The maximum Gasteiger partial charge on any atom is 0.255 e. The van der Waals surface area contributed by atoms with Gasteiger partial charge in [0, 0.05) is 30.3 Å². The summed E-state index contributed by atoms with van der Waals surface area (Å²) in [5.74, 6) is -0.100. The normalized spacial score (nSPS) is 11.3. The summed E-state index contributed by atoms with van der Waals surface area (Å²) in [6.07, 6.45) is 3.04.